The van der Waals surface area contributed by atoms with Gasteiger partial charge in [0.25, 0.3) is 5.56 Å². The van der Waals surface area contributed by atoms with Crippen LogP contribution in [0.25, 0.3) is 20.7 Å². The molecule has 0 atom stereocenters. The molecule has 0 amide bonds. The summed E-state index contributed by atoms with van der Waals surface area (Å²) in [5, 5.41) is 0.537. The summed E-state index contributed by atoms with van der Waals surface area (Å²) < 4.78 is 6.62. The monoisotopic (exact) mass is 370 g/mol. The Morgan fingerprint density at radius 1 is 1.27 bits per heavy atom. The number of thiophene rings is 1. The second-order valence-corrected chi connectivity index (χ2v) is 7.68. The summed E-state index contributed by atoms with van der Waals surface area (Å²) in [6, 6.07) is 11.7. The van der Waals surface area contributed by atoms with Crippen LogP contribution in [0.4, 0.5) is 0 Å². The van der Waals surface area contributed by atoms with E-state index in [1.54, 1.807) is 6.92 Å². The van der Waals surface area contributed by atoms with E-state index in [4.69, 9.17) is 4.74 Å². The van der Waals surface area contributed by atoms with Gasteiger partial charge in [0.2, 0.25) is 0 Å². The third-order valence-electron chi connectivity index (χ3n) is 4.15. The van der Waals surface area contributed by atoms with Crippen LogP contribution in [0.2, 0.25) is 0 Å². The summed E-state index contributed by atoms with van der Waals surface area (Å²) in [5.74, 6) is 0.577. The van der Waals surface area contributed by atoms with E-state index >= 15 is 0 Å². The molecule has 1 aromatic carbocycles. The van der Waals surface area contributed by atoms with Crippen molar-refractivity contribution < 1.29 is 9.53 Å². The van der Waals surface area contributed by atoms with E-state index in [2.05, 4.69) is 18.8 Å². The van der Waals surface area contributed by atoms with Gasteiger partial charge in [-0.25, -0.2) is 4.98 Å². The molecular weight excluding hydrogens is 348 g/mol. The van der Waals surface area contributed by atoms with Crippen LogP contribution in [0.1, 0.15) is 26.1 Å². The fraction of sp³-hybridized carbons (Fsp3) is 0.350. The third kappa shape index (κ3) is 4.02. The van der Waals surface area contributed by atoms with Gasteiger partial charge in [0.1, 0.15) is 17.2 Å². The minimum absolute atomic E-state index is 0.109. The maximum Gasteiger partial charge on any atom is 0.326 e. The Morgan fingerprint density at radius 3 is 2.69 bits per heavy atom. The van der Waals surface area contributed by atoms with Crippen molar-refractivity contribution in [1.82, 2.24) is 9.55 Å². The number of ether oxygens (including phenoxy) is 1. The zero-order chi connectivity index (χ0) is 18.7. The van der Waals surface area contributed by atoms with Crippen LogP contribution >= 0.6 is 11.3 Å². The van der Waals surface area contributed by atoms with E-state index < -0.39 is 5.97 Å². The van der Waals surface area contributed by atoms with E-state index in [0.717, 1.165) is 16.9 Å². The fourth-order valence-electron chi connectivity index (χ4n) is 2.63. The lowest BCUT2D eigenvalue weighted by molar-refractivity contribution is -0.144. The van der Waals surface area contributed by atoms with Crippen LogP contribution in [-0.2, 0) is 16.1 Å². The summed E-state index contributed by atoms with van der Waals surface area (Å²) in [7, 11) is 0. The highest BCUT2D eigenvalue weighted by molar-refractivity contribution is 7.21. The minimum atomic E-state index is -0.407. The molecule has 3 rings (SSSR count). The Morgan fingerprint density at radius 2 is 2.00 bits per heavy atom. The zero-order valence-electron chi connectivity index (χ0n) is 15.2. The van der Waals surface area contributed by atoms with Crippen LogP contribution in [0.5, 0.6) is 0 Å². The fourth-order valence-corrected chi connectivity index (χ4v) is 3.70. The molecule has 2 aromatic heterocycles. The number of esters is 1. The average Bonchev–Trinajstić information content (AvgIpc) is 3.03. The van der Waals surface area contributed by atoms with Gasteiger partial charge < -0.3 is 4.74 Å². The maximum absolute atomic E-state index is 12.8. The number of benzene rings is 1. The van der Waals surface area contributed by atoms with Crippen molar-refractivity contribution in [3.8, 4) is 10.4 Å². The largest absolute Gasteiger partial charge is 0.464 e. The van der Waals surface area contributed by atoms with Crippen molar-refractivity contribution in [2.24, 2.45) is 5.92 Å². The number of nitrogens with zero attached hydrogens (tertiary/aromatic N) is 2. The van der Waals surface area contributed by atoms with Gasteiger partial charge in [0, 0.05) is 4.88 Å². The van der Waals surface area contributed by atoms with Crippen molar-refractivity contribution in [3.05, 3.63) is 52.6 Å². The molecule has 5 nitrogen and oxygen atoms in total. The van der Waals surface area contributed by atoms with E-state index in [-0.39, 0.29) is 12.1 Å². The van der Waals surface area contributed by atoms with Crippen molar-refractivity contribution in [2.75, 3.05) is 6.61 Å². The molecular formula is C20H22N2O3S. The summed E-state index contributed by atoms with van der Waals surface area (Å²) in [6.07, 6.45) is 0.807. The highest BCUT2D eigenvalue weighted by Gasteiger charge is 2.15. The Kier molecular flexibility index (Phi) is 5.52. The van der Waals surface area contributed by atoms with E-state index in [0.29, 0.717) is 28.6 Å². The summed E-state index contributed by atoms with van der Waals surface area (Å²) in [5.41, 5.74) is 0.846. The van der Waals surface area contributed by atoms with Crippen LogP contribution in [0, 0.1) is 12.8 Å². The molecule has 0 spiro atoms. The first-order valence-electron chi connectivity index (χ1n) is 8.67. The molecule has 6 heteroatoms. The third-order valence-corrected chi connectivity index (χ3v) is 5.22. The standard InChI is InChI=1S/C20H22N2O3S/c1-13(2)9-10-25-18(23)12-22-14(3)21-19-16(20(22)24)11-17(26-19)15-7-5-4-6-8-15/h4-8,11,13H,9-10,12H2,1-3H3. The molecule has 26 heavy (non-hydrogen) atoms. The topological polar surface area (TPSA) is 61.2 Å². The van der Waals surface area contributed by atoms with E-state index in [9.17, 15) is 9.59 Å². The lowest BCUT2D eigenvalue weighted by atomic mass is 10.1. The number of hydrogen-bond acceptors (Lipinski definition) is 5. The lowest BCUT2D eigenvalue weighted by Crippen LogP contribution is -2.28. The average molecular weight is 370 g/mol. The van der Waals surface area contributed by atoms with Crippen molar-refractivity contribution >= 4 is 27.5 Å². The van der Waals surface area contributed by atoms with Gasteiger partial charge in [0.05, 0.1) is 12.0 Å². The normalized spacial score (nSPS) is 11.2. The molecule has 0 bridgehead atoms. The highest BCUT2D eigenvalue weighted by Crippen LogP contribution is 2.30. The predicted octanol–water partition coefficient (Wildman–Crippen LogP) is 4.02. The van der Waals surface area contributed by atoms with Gasteiger partial charge >= 0.3 is 5.97 Å². The predicted molar refractivity (Wildman–Crippen MR) is 104 cm³/mol. The Bertz CT molecular complexity index is 974. The second kappa shape index (κ2) is 7.83. The number of carbonyl (C=O) groups is 1. The highest BCUT2D eigenvalue weighted by atomic mass is 32.1. The number of fused-ring (bicyclic) bond motifs is 1. The van der Waals surface area contributed by atoms with Crippen LogP contribution in [0.3, 0.4) is 0 Å². The molecule has 136 valence electrons. The Balaban J connectivity index is 1.88. The van der Waals surface area contributed by atoms with E-state index in [1.165, 1.54) is 15.9 Å². The minimum Gasteiger partial charge on any atom is -0.464 e. The van der Waals surface area contributed by atoms with Crippen LogP contribution < -0.4 is 5.56 Å². The van der Waals surface area contributed by atoms with Crippen molar-refractivity contribution in [3.63, 3.8) is 0 Å². The molecule has 0 aliphatic carbocycles. The van der Waals surface area contributed by atoms with Crippen molar-refractivity contribution in [1.29, 1.82) is 0 Å². The zero-order valence-corrected chi connectivity index (χ0v) is 16.0. The molecule has 0 aliphatic heterocycles. The van der Waals surface area contributed by atoms with Gasteiger partial charge in [-0.3, -0.25) is 14.2 Å². The first-order chi connectivity index (χ1) is 12.5. The number of carbonyl (C=O) groups excluding carboxylic acids is 1. The molecule has 0 saturated heterocycles. The smallest absolute Gasteiger partial charge is 0.326 e. The molecule has 0 fully saturated rings. The SMILES string of the molecule is Cc1nc2sc(-c3ccccc3)cc2c(=O)n1CC(=O)OCCC(C)C. The summed E-state index contributed by atoms with van der Waals surface area (Å²) in [4.78, 5) is 31.1. The molecule has 0 N–H and O–H groups in total. The second-order valence-electron chi connectivity index (χ2n) is 6.65. The molecule has 0 radical (unpaired) electrons. The Labute approximate surface area is 156 Å². The number of rotatable bonds is 6. The van der Waals surface area contributed by atoms with Crippen molar-refractivity contribution in [2.45, 2.75) is 33.7 Å². The molecule has 0 saturated carbocycles. The van der Waals surface area contributed by atoms with Gasteiger partial charge in [-0.05, 0) is 30.9 Å². The Hall–Kier alpha value is -2.47. The number of hydrogen-bond donors (Lipinski definition) is 0. The van der Waals surface area contributed by atoms with Crippen LogP contribution in [0.15, 0.2) is 41.2 Å². The van der Waals surface area contributed by atoms with Gasteiger partial charge in [-0.2, -0.15) is 0 Å². The van der Waals surface area contributed by atoms with Gasteiger partial charge in [-0.1, -0.05) is 44.2 Å². The lowest BCUT2D eigenvalue weighted by Gasteiger charge is -2.10. The molecule has 0 aliphatic rings. The summed E-state index contributed by atoms with van der Waals surface area (Å²) in [6.45, 7) is 6.14. The maximum atomic E-state index is 12.8. The van der Waals surface area contributed by atoms with Crippen LogP contribution in [-0.4, -0.2) is 22.1 Å². The number of aromatic nitrogens is 2. The van der Waals surface area contributed by atoms with E-state index in [1.807, 2.05) is 36.4 Å². The first kappa shape index (κ1) is 18.3. The first-order valence-corrected chi connectivity index (χ1v) is 9.49. The molecule has 2 heterocycles. The number of aryl methyl sites for hydroxylation is 1. The summed E-state index contributed by atoms with van der Waals surface area (Å²) >= 11 is 1.48. The van der Waals surface area contributed by atoms with Gasteiger partial charge in [0.15, 0.2) is 0 Å². The molecule has 0 unspecified atom stereocenters. The van der Waals surface area contributed by atoms with Gasteiger partial charge in [-0.15, -0.1) is 11.3 Å². The molecule has 3 aromatic rings. The quantitative estimate of drug-likeness (QED) is 0.615.